The predicted molar refractivity (Wildman–Crippen MR) is 81.0 cm³/mol. The van der Waals surface area contributed by atoms with Crippen molar-refractivity contribution in [3.8, 4) is 5.88 Å². The molecule has 1 heterocycles. The Balaban J connectivity index is 3.00. The van der Waals surface area contributed by atoms with Gasteiger partial charge in [0.15, 0.2) is 0 Å². The van der Waals surface area contributed by atoms with Gasteiger partial charge < -0.3 is 15.2 Å². The van der Waals surface area contributed by atoms with Crippen LogP contribution in [0.25, 0.3) is 0 Å². The van der Waals surface area contributed by atoms with E-state index in [1.165, 1.54) is 6.20 Å². The molecule has 0 aromatic carbocycles. The largest absolute Gasteiger partial charge is 0.473 e. The van der Waals surface area contributed by atoms with Crippen LogP contribution in [0.5, 0.6) is 5.88 Å². The molecule has 5 nitrogen and oxygen atoms in total. The standard InChI is InChI=1S/C14H18BrF3N2O3/c1-8(2)5-13(3,23-12(19)21)7-22-11-10(14(16,17)18)4-9(15)6-20-11/h4,6,8H,5,7H2,1-3H3,(H2,19,21)/t13-/m0/s1. The second-order valence-electron chi connectivity index (χ2n) is 5.76. The first-order valence-electron chi connectivity index (χ1n) is 6.77. The monoisotopic (exact) mass is 398 g/mol. The average Bonchev–Trinajstić information content (AvgIpc) is 2.34. The van der Waals surface area contributed by atoms with Crippen molar-refractivity contribution in [2.45, 2.75) is 39.0 Å². The number of amides is 1. The molecule has 1 aromatic rings. The van der Waals surface area contributed by atoms with Gasteiger partial charge in [-0.3, -0.25) is 0 Å². The summed E-state index contributed by atoms with van der Waals surface area (Å²) < 4.78 is 49.5. The lowest BCUT2D eigenvalue weighted by Gasteiger charge is -2.30. The number of nitrogens with two attached hydrogens (primary N) is 1. The summed E-state index contributed by atoms with van der Waals surface area (Å²) in [5.74, 6) is -0.466. The summed E-state index contributed by atoms with van der Waals surface area (Å²) in [6.45, 7) is 5.00. The molecule has 1 aromatic heterocycles. The van der Waals surface area contributed by atoms with E-state index < -0.39 is 29.3 Å². The molecule has 0 aliphatic carbocycles. The third-order valence-corrected chi connectivity index (χ3v) is 3.26. The van der Waals surface area contributed by atoms with Crippen molar-refractivity contribution < 1.29 is 27.4 Å². The van der Waals surface area contributed by atoms with Gasteiger partial charge in [-0.25, -0.2) is 9.78 Å². The van der Waals surface area contributed by atoms with E-state index in [1.54, 1.807) is 6.92 Å². The fourth-order valence-corrected chi connectivity index (χ4v) is 2.53. The molecule has 0 saturated heterocycles. The second kappa shape index (κ2) is 7.37. The summed E-state index contributed by atoms with van der Waals surface area (Å²) in [5.41, 5.74) is 2.85. The Morgan fingerprint density at radius 2 is 2.04 bits per heavy atom. The number of aromatic nitrogens is 1. The predicted octanol–water partition coefficient (Wildman–Crippen LogP) is 4.14. The van der Waals surface area contributed by atoms with Crippen LogP contribution in [-0.4, -0.2) is 23.3 Å². The van der Waals surface area contributed by atoms with Gasteiger partial charge in [0.1, 0.15) is 17.8 Å². The van der Waals surface area contributed by atoms with Crippen LogP contribution in [0.4, 0.5) is 18.0 Å². The van der Waals surface area contributed by atoms with Crippen molar-refractivity contribution in [1.29, 1.82) is 0 Å². The van der Waals surface area contributed by atoms with E-state index in [2.05, 4.69) is 20.9 Å². The number of pyridine rings is 1. The zero-order valence-corrected chi connectivity index (χ0v) is 14.5. The highest BCUT2D eigenvalue weighted by molar-refractivity contribution is 9.10. The molecule has 2 N–H and O–H groups in total. The molecule has 0 radical (unpaired) electrons. The van der Waals surface area contributed by atoms with Gasteiger partial charge in [0.25, 0.3) is 0 Å². The maximum Gasteiger partial charge on any atom is 0.421 e. The molecule has 0 spiro atoms. The van der Waals surface area contributed by atoms with Crippen LogP contribution in [0.1, 0.15) is 32.8 Å². The molecule has 1 atom stereocenters. The topological polar surface area (TPSA) is 74.4 Å². The van der Waals surface area contributed by atoms with Crippen LogP contribution in [0, 0.1) is 5.92 Å². The van der Waals surface area contributed by atoms with Crippen LogP contribution in [0.3, 0.4) is 0 Å². The van der Waals surface area contributed by atoms with Crippen LogP contribution in [0.2, 0.25) is 0 Å². The van der Waals surface area contributed by atoms with Gasteiger partial charge in [-0.15, -0.1) is 0 Å². The normalized spacial score (nSPS) is 14.4. The fraction of sp³-hybridized carbons (Fsp3) is 0.571. The summed E-state index contributed by atoms with van der Waals surface area (Å²) >= 11 is 2.94. The van der Waals surface area contributed by atoms with E-state index in [4.69, 9.17) is 15.2 Å². The summed E-state index contributed by atoms with van der Waals surface area (Å²) in [5, 5.41) is 0. The smallest absolute Gasteiger partial charge is 0.421 e. The molecule has 0 unspecified atom stereocenters. The molecule has 23 heavy (non-hydrogen) atoms. The average molecular weight is 399 g/mol. The van der Waals surface area contributed by atoms with Gasteiger partial charge in [0.05, 0.1) is 0 Å². The quantitative estimate of drug-likeness (QED) is 0.780. The Morgan fingerprint density at radius 1 is 1.43 bits per heavy atom. The number of halogens is 4. The van der Waals surface area contributed by atoms with Gasteiger partial charge in [-0.2, -0.15) is 13.2 Å². The zero-order valence-electron chi connectivity index (χ0n) is 12.9. The molecule has 0 fully saturated rings. The van der Waals surface area contributed by atoms with Crippen LogP contribution >= 0.6 is 15.9 Å². The molecular formula is C14H18BrF3N2O3. The first-order valence-corrected chi connectivity index (χ1v) is 7.56. The molecule has 9 heteroatoms. The van der Waals surface area contributed by atoms with Crippen molar-refractivity contribution in [3.63, 3.8) is 0 Å². The first-order chi connectivity index (χ1) is 10.4. The van der Waals surface area contributed by atoms with E-state index in [0.29, 0.717) is 6.42 Å². The molecule has 0 bridgehead atoms. The Labute approximate surface area is 140 Å². The van der Waals surface area contributed by atoms with E-state index >= 15 is 0 Å². The summed E-state index contributed by atoms with van der Waals surface area (Å²) in [6.07, 6.45) is -4.07. The van der Waals surface area contributed by atoms with E-state index in [-0.39, 0.29) is 17.0 Å². The summed E-state index contributed by atoms with van der Waals surface area (Å²) in [6, 6.07) is 0.872. The Bertz CT molecular complexity index is 567. The van der Waals surface area contributed by atoms with Crippen molar-refractivity contribution in [3.05, 3.63) is 22.3 Å². The third kappa shape index (κ3) is 6.25. The molecule has 1 rings (SSSR count). The van der Waals surface area contributed by atoms with Crippen molar-refractivity contribution in [1.82, 2.24) is 4.98 Å². The van der Waals surface area contributed by atoms with E-state index in [1.807, 2.05) is 13.8 Å². The number of ether oxygens (including phenoxy) is 2. The minimum atomic E-state index is -4.62. The lowest BCUT2D eigenvalue weighted by molar-refractivity contribution is -0.140. The highest BCUT2D eigenvalue weighted by Gasteiger charge is 2.37. The molecule has 0 aliphatic heterocycles. The third-order valence-electron chi connectivity index (χ3n) is 2.82. The number of primary amides is 1. The van der Waals surface area contributed by atoms with Crippen LogP contribution in [0.15, 0.2) is 16.7 Å². The Morgan fingerprint density at radius 3 is 2.52 bits per heavy atom. The highest BCUT2D eigenvalue weighted by atomic mass is 79.9. The number of carbonyl (C=O) groups is 1. The van der Waals surface area contributed by atoms with Gasteiger partial charge >= 0.3 is 12.3 Å². The first kappa shape index (κ1) is 19.5. The number of carbonyl (C=O) groups excluding carboxylic acids is 1. The Kier molecular flexibility index (Phi) is 6.26. The number of hydrogen-bond acceptors (Lipinski definition) is 4. The number of alkyl halides is 3. The van der Waals surface area contributed by atoms with Gasteiger partial charge in [-0.05, 0) is 41.3 Å². The Hall–Kier alpha value is -1.51. The van der Waals surface area contributed by atoms with E-state index in [0.717, 1.165) is 6.07 Å². The van der Waals surface area contributed by atoms with Gasteiger partial charge in [-0.1, -0.05) is 13.8 Å². The number of rotatable bonds is 6. The minimum absolute atomic E-state index is 0.114. The van der Waals surface area contributed by atoms with Crippen molar-refractivity contribution in [2.75, 3.05) is 6.61 Å². The molecule has 0 aliphatic rings. The number of nitrogens with zero attached hydrogens (tertiary/aromatic N) is 1. The fourth-order valence-electron chi connectivity index (χ4n) is 2.20. The highest BCUT2D eigenvalue weighted by Crippen LogP contribution is 2.37. The second-order valence-corrected chi connectivity index (χ2v) is 6.68. The molecule has 130 valence electrons. The molecule has 0 saturated carbocycles. The maximum absolute atomic E-state index is 13.0. The lowest BCUT2D eigenvalue weighted by Crippen LogP contribution is -2.41. The summed E-state index contributed by atoms with van der Waals surface area (Å²) in [4.78, 5) is 14.7. The lowest BCUT2D eigenvalue weighted by atomic mass is 9.95. The van der Waals surface area contributed by atoms with Crippen molar-refractivity contribution in [2.24, 2.45) is 11.7 Å². The molecular weight excluding hydrogens is 381 g/mol. The minimum Gasteiger partial charge on any atom is -0.473 e. The SMILES string of the molecule is CC(C)C[C@@](C)(COc1ncc(Br)cc1C(F)(F)F)OC(N)=O. The zero-order chi connectivity index (χ0) is 17.8. The summed E-state index contributed by atoms with van der Waals surface area (Å²) in [7, 11) is 0. The van der Waals surface area contributed by atoms with E-state index in [9.17, 15) is 18.0 Å². The van der Waals surface area contributed by atoms with Crippen LogP contribution < -0.4 is 10.5 Å². The van der Waals surface area contributed by atoms with Gasteiger partial charge in [0.2, 0.25) is 5.88 Å². The van der Waals surface area contributed by atoms with Crippen molar-refractivity contribution >= 4 is 22.0 Å². The van der Waals surface area contributed by atoms with Gasteiger partial charge in [0, 0.05) is 10.7 Å². The maximum atomic E-state index is 13.0. The molecule has 1 amide bonds. The number of hydrogen-bond donors (Lipinski definition) is 1. The van der Waals surface area contributed by atoms with Crippen LogP contribution in [-0.2, 0) is 10.9 Å².